The zero-order chi connectivity index (χ0) is 23.4. The molecular formula is C31H19N3O. The molecule has 0 spiro atoms. The van der Waals surface area contributed by atoms with E-state index >= 15 is 0 Å². The lowest BCUT2D eigenvalue weighted by molar-refractivity contribution is 0.480. The molecular weight excluding hydrogens is 430 g/mol. The highest BCUT2D eigenvalue weighted by Crippen LogP contribution is 2.43. The van der Waals surface area contributed by atoms with E-state index in [9.17, 15) is 5.11 Å². The molecule has 0 aliphatic carbocycles. The van der Waals surface area contributed by atoms with Crippen LogP contribution in [0.4, 0.5) is 0 Å². The van der Waals surface area contributed by atoms with Crippen molar-refractivity contribution >= 4 is 43.2 Å². The molecule has 5 aromatic carbocycles. The molecule has 35 heavy (non-hydrogen) atoms. The number of rotatable bonds is 2. The second-order valence-corrected chi connectivity index (χ2v) is 8.69. The highest BCUT2D eigenvalue weighted by molar-refractivity contribution is 6.23. The number of nitrogens with zero attached hydrogens (tertiary/aromatic N) is 3. The zero-order valence-electron chi connectivity index (χ0n) is 18.7. The predicted octanol–water partition coefficient (Wildman–Crippen LogP) is 7.52. The maximum Gasteiger partial charge on any atom is 0.141 e. The van der Waals surface area contributed by atoms with Crippen molar-refractivity contribution in [1.82, 2.24) is 15.0 Å². The standard InChI is InChI=1S/C31H19N3O/c35-29-13-12-25(27-9-4-14-34-31(27)29)30-22-6-2-1-5-19(22)15-28-23-8-3-7-21(20-16-32-18-33-17-20)24(23)10-11-26(28)30/h1-18,35H. The largest absolute Gasteiger partial charge is 0.506 e. The predicted molar refractivity (Wildman–Crippen MR) is 142 cm³/mol. The van der Waals surface area contributed by atoms with Gasteiger partial charge in [-0.15, -0.1) is 0 Å². The number of hydrogen-bond acceptors (Lipinski definition) is 4. The third-order valence-electron chi connectivity index (χ3n) is 6.79. The van der Waals surface area contributed by atoms with Crippen molar-refractivity contribution in [1.29, 1.82) is 0 Å². The van der Waals surface area contributed by atoms with E-state index in [2.05, 4.69) is 75.6 Å². The van der Waals surface area contributed by atoms with Crippen LogP contribution in [0, 0.1) is 0 Å². The molecule has 0 saturated heterocycles. The fourth-order valence-corrected chi connectivity index (χ4v) is 5.26. The van der Waals surface area contributed by atoms with Crippen molar-refractivity contribution < 1.29 is 5.11 Å². The van der Waals surface area contributed by atoms with Gasteiger partial charge in [-0.2, -0.15) is 0 Å². The highest BCUT2D eigenvalue weighted by Gasteiger charge is 2.16. The van der Waals surface area contributed by atoms with Crippen LogP contribution in [-0.4, -0.2) is 20.1 Å². The molecule has 164 valence electrons. The normalized spacial score (nSPS) is 11.5. The van der Waals surface area contributed by atoms with Gasteiger partial charge in [0.1, 0.15) is 17.6 Å². The van der Waals surface area contributed by atoms with Gasteiger partial charge in [-0.05, 0) is 73.3 Å². The number of benzene rings is 5. The molecule has 0 radical (unpaired) electrons. The second kappa shape index (κ2) is 7.61. The third-order valence-corrected chi connectivity index (χ3v) is 6.79. The van der Waals surface area contributed by atoms with Crippen LogP contribution in [0.25, 0.3) is 65.5 Å². The highest BCUT2D eigenvalue weighted by atomic mass is 16.3. The minimum atomic E-state index is 0.189. The zero-order valence-corrected chi connectivity index (χ0v) is 18.7. The first kappa shape index (κ1) is 19.6. The fraction of sp³-hybridized carbons (Fsp3) is 0. The molecule has 0 amide bonds. The van der Waals surface area contributed by atoms with E-state index in [0.29, 0.717) is 5.52 Å². The lowest BCUT2D eigenvalue weighted by atomic mass is 9.87. The Labute approximate surface area is 201 Å². The van der Waals surface area contributed by atoms with Crippen molar-refractivity contribution in [2.24, 2.45) is 0 Å². The topological polar surface area (TPSA) is 58.9 Å². The van der Waals surface area contributed by atoms with Gasteiger partial charge in [-0.3, -0.25) is 4.98 Å². The summed E-state index contributed by atoms with van der Waals surface area (Å²) in [4.78, 5) is 12.9. The summed E-state index contributed by atoms with van der Waals surface area (Å²) >= 11 is 0. The molecule has 4 heteroatoms. The van der Waals surface area contributed by atoms with Crippen LogP contribution in [0.1, 0.15) is 0 Å². The molecule has 0 saturated carbocycles. The van der Waals surface area contributed by atoms with Gasteiger partial charge in [-0.1, -0.05) is 60.7 Å². The Morgan fingerprint density at radius 2 is 1.37 bits per heavy atom. The van der Waals surface area contributed by atoms with Gasteiger partial charge >= 0.3 is 0 Å². The molecule has 0 atom stereocenters. The number of pyridine rings is 1. The van der Waals surface area contributed by atoms with Crippen LogP contribution >= 0.6 is 0 Å². The summed E-state index contributed by atoms with van der Waals surface area (Å²) in [6.45, 7) is 0. The minimum absolute atomic E-state index is 0.189. The second-order valence-electron chi connectivity index (χ2n) is 8.69. The summed E-state index contributed by atoms with van der Waals surface area (Å²) in [5.41, 5.74) is 4.91. The summed E-state index contributed by atoms with van der Waals surface area (Å²) in [6.07, 6.45) is 6.98. The third kappa shape index (κ3) is 2.97. The van der Waals surface area contributed by atoms with Crippen LogP contribution in [-0.2, 0) is 0 Å². The van der Waals surface area contributed by atoms with Gasteiger partial charge in [-0.25, -0.2) is 9.97 Å². The molecule has 4 nitrogen and oxygen atoms in total. The van der Waals surface area contributed by atoms with Crippen LogP contribution in [0.5, 0.6) is 5.75 Å². The van der Waals surface area contributed by atoms with Crippen molar-refractivity contribution in [3.63, 3.8) is 0 Å². The first-order chi connectivity index (χ1) is 17.3. The van der Waals surface area contributed by atoms with Gasteiger partial charge in [0, 0.05) is 29.5 Å². The van der Waals surface area contributed by atoms with E-state index in [4.69, 9.17) is 0 Å². The van der Waals surface area contributed by atoms with Crippen molar-refractivity contribution in [3.05, 3.63) is 110 Å². The number of fused-ring (bicyclic) bond motifs is 5. The quantitative estimate of drug-likeness (QED) is 0.219. The monoisotopic (exact) mass is 449 g/mol. The summed E-state index contributed by atoms with van der Waals surface area (Å²) in [7, 11) is 0. The summed E-state index contributed by atoms with van der Waals surface area (Å²) in [5.74, 6) is 0.189. The molecule has 7 rings (SSSR count). The number of phenolic OH excluding ortho intramolecular Hbond substituents is 1. The number of phenols is 1. The lowest BCUT2D eigenvalue weighted by Gasteiger charge is -2.17. The number of aromatic nitrogens is 3. The van der Waals surface area contributed by atoms with Gasteiger partial charge in [0.25, 0.3) is 0 Å². The van der Waals surface area contributed by atoms with E-state index < -0.39 is 0 Å². The molecule has 2 heterocycles. The van der Waals surface area contributed by atoms with E-state index in [1.165, 1.54) is 21.5 Å². The van der Waals surface area contributed by atoms with Gasteiger partial charge in [0.15, 0.2) is 0 Å². The average molecular weight is 450 g/mol. The Hall–Kier alpha value is -4.83. The van der Waals surface area contributed by atoms with Gasteiger partial charge < -0.3 is 5.11 Å². The Kier molecular flexibility index (Phi) is 4.26. The Bertz CT molecular complexity index is 1910. The van der Waals surface area contributed by atoms with Gasteiger partial charge in [0.2, 0.25) is 0 Å². The maximum atomic E-state index is 10.5. The number of aromatic hydroxyl groups is 1. The van der Waals surface area contributed by atoms with E-state index in [1.807, 2.05) is 30.6 Å². The van der Waals surface area contributed by atoms with Crippen molar-refractivity contribution in [3.8, 4) is 28.0 Å². The maximum absolute atomic E-state index is 10.5. The molecule has 0 unspecified atom stereocenters. The SMILES string of the molecule is Oc1ccc(-c2c3ccccc3cc3c2ccc2c(-c4cncnc4)cccc23)c2cccnc12. The minimum Gasteiger partial charge on any atom is -0.506 e. The summed E-state index contributed by atoms with van der Waals surface area (Å²) in [6, 6.07) is 29.3. The van der Waals surface area contributed by atoms with Crippen LogP contribution in [0.2, 0.25) is 0 Å². The smallest absolute Gasteiger partial charge is 0.141 e. The average Bonchev–Trinajstić information content (AvgIpc) is 2.92. The van der Waals surface area contributed by atoms with Crippen LogP contribution < -0.4 is 0 Å². The van der Waals surface area contributed by atoms with Crippen molar-refractivity contribution in [2.75, 3.05) is 0 Å². The molecule has 1 N–H and O–H groups in total. The van der Waals surface area contributed by atoms with Crippen LogP contribution in [0.3, 0.4) is 0 Å². The molecule has 0 fully saturated rings. The fourth-order valence-electron chi connectivity index (χ4n) is 5.26. The first-order valence-electron chi connectivity index (χ1n) is 11.5. The van der Waals surface area contributed by atoms with E-state index in [0.717, 1.165) is 38.4 Å². The van der Waals surface area contributed by atoms with E-state index in [-0.39, 0.29) is 5.75 Å². The molecule has 0 aliphatic rings. The molecule has 7 aromatic rings. The Balaban J connectivity index is 1.65. The summed E-state index contributed by atoms with van der Waals surface area (Å²) in [5, 5.41) is 18.4. The van der Waals surface area contributed by atoms with Crippen LogP contribution in [0.15, 0.2) is 110 Å². The molecule has 0 aliphatic heterocycles. The lowest BCUT2D eigenvalue weighted by Crippen LogP contribution is -1.90. The molecule has 2 aromatic heterocycles. The van der Waals surface area contributed by atoms with Gasteiger partial charge in [0.05, 0.1) is 0 Å². The summed E-state index contributed by atoms with van der Waals surface area (Å²) < 4.78 is 0. The Morgan fingerprint density at radius 3 is 2.29 bits per heavy atom. The first-order valence-corrected chi connectivity index (χ1v) is 11.5. The molecule has 0 bridgehead atoms. The van der Waals surface area contributed by atoms with Crippen molar-refractivity contribution in [2.45, 2.75) is 0 Å². The number of hydrogen-bond donors (Lipinski definition) is 1. The Morgan fingerprint density at radius 1 is 0.571 bits per heavy atom. The van der Waals surface area contributed by atoms with E-state index in [1.54, 1.807) is 18.6 Å².